The van der Waals surface area contributed by atoms with E-state index < -0.39 is 10.0 Å². The van der Waals surface area contributed by atoms with E-state index >= 15 is 0 Å². The van der Waals surface area contributed by atoms with E-state index in [0.29, 0.717) is 25.2 Å². The highest BCUT2D eigenvalue weighted by Gasteiger charge is 2.24. The Kier molecular flexibility index (Phi) is 5.47. The second-order valence-electron chi connectivity index (χ2n) is 6.87. The van der Waals surface area contributed by atoms with Gasteiger partial charge in [-0.1, -0.05) is 12.1 Å². The predicted molar refractivity (Wildman–Crippen MR) is 111 cm³/mol. The van der Waals surface area contributed by atoms with Gasteiger partial charge < -0.3 is 5.32 Å². The molecule has 4 rings (SSSR count). The van der Waals surface area contributed by atoms with Crippen LogP contribution in [0.1, 0.15) is 25.7 Å². The summed E-state index contributed by atoms with van der Waals surface area (Å²) in [7, 11) is -3.23. The second kappa shape index (κ2) is 8.02. The fourth-order valence-electron chi connectivity index (χ4n) is 3.32. The minimum atomic E-state index is -3.23. The number of imidazole rings is 1. The maximum atomic E-state index is 12.2. The van der Waals surface area contributed by atoms with E-state index in [1.54, 1.807) is 11.3 Å². The van der Waals surface area contributed by atoms with Crippen LogP contribution in [0.5, 0.6) is 0 Å². The number of fused-ring (bicyclic) bond motifs is 1. The number of amides is 1. The van der Waals surface area contributed by atoms with E-state index in [4.69, 9.17) is 0 Å². The fourth-order valence-corrected chi connectivity index (χ4v) is 5.61. The molecule has 0 aliphatic carbocycles. The van der Waals surface area contributed by atoms with Gasteiger partial charge in [0.15, 0.2) is 4.96 Å². The first-order valence-corrected chi connectivity index (χ1v) is 11.8. The molecule has 0 radical (unpaired) electrons. The van der Waals surface area contributed by atoms with Crippen LogP contribution in [0.4, 0.5) is 5.69 Å². The topological polar surface area (TPSA) is 83.8 Å². The number of aromatic nitrogens is 2. The van der Waals surface area contributed by atoms with Crippen molar-refractivity contribution in [3.8, 4) is 11.3 Å². The van der Waals surface area contributed by atoms with Gasteiger partial charge in [0.05, 0.1) is 11.4 Å². The van der Waals surface area contributed by atoms with E-state index in [2.05, 4.69) is 10.3 Å². The van der Waals surface area contributed by atoms with Crippen molar-refractivity contribution in [1.82, 2.24) is 13.7 Å². The lowest BCUT2D eigenvalue weighted by Crippen LogP contribution is -2.30. The Hall–Kier alpha value is -2.23. The largest absolute Gasteiger partial charge is 0.326 e. The number of hydrogen-bond donors (Lipinski definition) is 1. The molecule has 1 aliphatic heterocycles. The van der Waals surface area contributed by atoms with Crippen LogP contribution in [-0.4, -0.2) is 46.9 Å². The second-order valence-corrected chi connectivity index (χ2v) is 9.83. The van der Waals surface area contributed by atoms with Crippen LogP contribution in [0, 0.1) is 0 Å². The van der Waals surface area contributed by atoms with Gasteiger partial charge in [-0.25, -0.2) is 17.7 Å². The Bertz CT molecular complexity index is 1040. The SMILES string of the molecule is O=C(CCCS(=O)(=O)N1CCCC1)Nc1ccc(-c2cn3ccsc3n2)cc1. The first kappa shape index (κ1) is 19.1. The molecule has 0 unspecified atom stereocenters. The van der Waals surface area contributed by atoms with Gasteiger partial charge in [-0.05, 0) is 31.4 Å². The molecule has 28 heavy (non-hydrogen) atoms. The van der Waals surface area contributed by atoms with Gasteiger partial charge in [0.1, 0.15) is 0 Å². The summed E-state index contributed by atoms with van der Waals surface area (Å²) in [4.78, 5) is 17.6. The average molecular weight is 419 g/mol. The normalized spacial score (nSPS) is 15.3. The molecule has 0 atom stereocenters. The first-order valence-electron chi connectivity index (χ1n) is 9.32. The number of carbonyl (C=O) groups is 1. The minimum absolute atomic E-state index is 0.0246. The van der Waals surface area contributed by atoms with Crippen molar-refractivity contribution < 1.29 is 13.2 Å². The van der Waals surface area contributed by atoms with Gasteiger partial charge in [-0.15, -0.1) is 11.3 Å². The lowest BCUT2D eigenvalue weighted by molar-refractivity contribution is -0.116. The Balaban J connectivity index is 1.29. The van der Waals surface area contributed by atoms with Crippen LogP contribution < -0.4 is 5.32 Å². The van der Waals surface area contributed by atoms with Crippen LogP contribution >= 0.6 is 11.3 Å². The molecule has 1 aliphatic rings. The van der Waals surface area contributed by atoms with Crippen molar-refractivity contribution in [2.75, 3.05) is 24.2 Å². The van der Waals surface area contributed by atoms with Crippen LogP contribution in [-0.2, 0) is 14.8 Å². The van der Waals surface area contributed by atoms with Gasteiger partial charge >= 0.3 is 0 Å². The zero-order chi connectivity index (χ0) is 19.6. The van der Waals surface area contributed by atoms with Crippen molar-refractivity contribution >= 4 is 37.9 Å². The molecule has 0 bridgehead atoms. The maximum absolute atomic E-state index is 12.2. The monoisotopic (exact) mass is 418 g/mol. The highest BCUT2D eigenvalue weighted by Crippen LogP contribution is 2.23. The molecule has 2 aromatic heterocycles. The van der Waals surface area contributed by atoms with Crippen LogP contribution in [0.2, 0.25) is 0 Å². The molecule has 148 valence electrons. The smallest absolute Gasteiger partial charge is 0.224 e. The molecule has 0 spiro atoms. The number of hydrogen-bond acceptors (Lipinski definition) is 5. The van der Waals surface area contributed by atoms with Gasteiger partial charge in [-0.2, -0.15) is 0 Å². The predicted octanol–water partition coefficient (Wildman–Crippen LogP) is 3.21. The highest BCUT2D eigenvalue weighted by atomic mass is 32.2. The van der Waals surface area contributed by atoms with Gasteiger partial charge in [-0.3, -0.25) is 9.20 Å². The van der Waals surface area contributed by atoms with Crippen LogP contribution in [0.3, 0.4) is 0 Å². The van der Waals surface area contributed by atoms with Crippen LogP contribution in [0.15, 0.2) is 42.0 Å². The lowest BCUT2D eigenvalue weighted by Gasteiger charge is -2.15. The van der Waals surface area contributed by atoms with Crippen molar-refractivity contribution in [1.29, 1.82) is 0 Å². The van der Waals surface area contributed by atoms with E-state index in [9.17, 15) is 13.2 Å². The number of nitrogens with zero attached hydrogens (tertiary/aromatic N) is 3. The standard InChI is InChI=1S/C19H22N4O3S2/c24-18(4-3-13-28(25,26)23-9-1-2-10-23)20-16-7-5-15(6-8-16)17-14-22-11-12-27-19(22)21-17/h5-8,11-12,14H,1-4,9-10,13H2,(H,20,24). The first-order chi connectivity index (χ1) is 13.5. The fraction of sp³-hybridized carbons (Fsp3) is 0.368. The summed E-state index contributed by atoms with van der Waals surface area (Å²) >= 11 is 1.58. The number of sulfonamides is 1. The van der Waals surface area contributed by atoms with Crippen molar-refractivity contribution in [2.45, 2.75) is 25.7 Å². The Morgan fingerprint density at radius 2 is 1.93 bits per heavy atom. The maximum Gasteiger partial charge on any atom is 0.224 e. The van der Waals surface area contributed by atoms with Gasteiger partial charge in [0.25, 0.3) is 0 Å². The number of thiazole rings is 1. The minimum Gasteiger partial charge on any atom is -0.326 e. The number of nitrogens with one attached hydrogen (secondary N) is 1. The summed E-state index contributed by atoms with van der Waals surface area (Å²) in [5.74, 6) is -0.150. The number of anilines is 1. The summed E-state index contributed by atoms with van der Waals surface area (Å²) in [5, 5.41) is 4.81. The lowest BCUT2D eigenvalue weighted by atomic mass is 10.1. The van der Waals surface area contributed by atoms with E-state index in [0.717, 1.165) is 29.1 Å². The molecule has 3 aromatic rings. The van der Waals surface area contributed by atoms with E-state index in [-0.39, 0.29) is 18.1 Å². The molecule has 3 heterocycles. The van der Waals surface area contributed by atoms with Crippen molar-refractivity contribution in [3.05, 3.63) is 42.0 Å². The molecule has 1 aromatic carbocycles. The van der Waals surface area contributed by atoms with E-state index in [1.807, 2.05) is 46.4 Å². The quantitative estimate of drug-likeness (QED) is 0.639. The third-order valence-corrected chi connectivity index (χ3v) is 7.55. The molecule has 7 nitrogen and oxygen atoms in total. The molecular weight excluding hydrogens is 396 g/mol. The molecule has 9 heteroatoms. The molecule has 1 fully saturated rings. The number of benzene rings is 1. The molecule has 1 amide bonds. The Labute approximate surface area is 168 Å². The van der Waals surface area contributed by atoms with Gasteiger partial charge in [0, 0.05) is 48.5 Å². The van der Waals surface area contributed by atoms with Crippen molar-refractivity contribution in [3.63, 3.8) is 0 Å². The zero-order valence-corrected chi connectivity index (χ0v) is 17.0. The summed E-state index contributed by atoms with van der Waals surface area (Å²) in [6.07, 6.45) is 6.30. The molecule has 1 saturated heterocycles. The Morgan fingerprint density at radius 1 is 1.18 bits per heavy atom. The molecular formula is C19H22N4O3S2. The summed E-state index contributed by atoms with van der Waals surface area (Å²) in [6.45, 7) is 1.21. The molecule has 1 N–H and O–H groups in total. The third-order valence-electron chi connectivity index (χ3n) is 4.82. The van der Waals surface area contributed by atoms with Crippen molar-refractivity contribution in [2.24, 2.45) is 0 Å². The van der Waals surface area contributed by atoms with E-state index in [1.165, 1.54) is 4.31 Å². The third kappa shape index (κ3) is 4.26. The van der Waals surface area contributed by atoms with Gasteiger partial charge in [0.2, 0.25) is 15.9 Å². The van der Waals surface area contributed by atoms with Crippen LogP contribution in [0.25, 0.3) is 16.2 Å². The molecule has 0 saturated carbocycles. The summed E-state index contributed by atoms with van der Waals surface area (Å²) in [6, 6.07) is 7.50. The summed E-state index contributed by atoms with van der Waals surface area (Å²) in [5.41, 5.74) is 2.56. The zero-order valence-electron chi connectivity index (χ0n) is 15.4. The number of carbonyl (C=O) groups excluding carboxylic acids is 1. The highest BCUT2D eigenvalue weighted by molar-refractivity contribution is 7.89. The average Bonchev–Trinajstić information content (AvgIpc) is 3.39. The summed E-state index contributed by atoms with van der Waals surface area (Å²) < 4.78 is 27.9. The number of rotatable bonds is 7. The Morgan fingerprint density at radius 3 is 2.64 bits per heavy atom.